The molecule has 6 nitrogen and oxygen atoms in total. The Hall–Kier alpha value is -2.63. The van der Waals surface area contributed by atoms with Gasteiger partial charge in [0, 0.05) is 19.4 Å². The molecular weight excluding hydrogens is 260 g/mol. The maximum absolute atomic E-state index is 12.1. The Morgan fingerprint density at radius 2 is 1.90 bits per heavy atom. The summed E-state index contributed by atoms with van der Waals surface area (Å²) in [5, 5.41) is 0. The third-order valence-corrected chi connectivity index (χ3v) is 2.82. The van der Waals surface area contributed by atoms with Gasteiger partial charge in [-0.25, -0.2) is 9.59 Å². The second-order valence-corrected chi connectivity index (χ2v) is 4.13. The second-order valence-electron chi connectivity index (χ2n) is 4.13. The summed E-state index contributed by atoms with van der Waals surface area (Å²) in [5.41, 5.74) is 0.199. The first-order chi connectivity index (χ1) is 9.56. The highest BCUT2D eigenvalue weighted by atomic mass is 16.5. The molecule has 2 aromatic rings. The molecule has 0 aliphatic heterocycles. The zero-order valence-corrected chi connectivity index (χ0v) is 11.2. The minimum atomic E-state index is -0.927. The molecule has 6 heteroatoms. The lowest BCUT2D eigenvalue weighted by Gasteiger charge is -2.08. The lowest BCUT2D eigenvalue weighted by Crippen LogP contribution is -2.24. The van der Waals surface area contributed by atoms with Crippen LogP contribution in [0.5, 0.6) is 0 Å². The average Bonchev–Trinajstić information content (AvgIpc) is 2.78. The number of para-hydroxylation sites is 1. The smallest absolute Gasteiger partial charge is 0.379 e. The fourth-order valence-corrected chi connectivity index (χ4v) is 1.83. The minimum absolute atomic E-state index is 0.123. The van der Waals surface area contributed by atoms with Crippen LogP contribution in [-0.2, 0) is 16.6 Å². The van der Waals surface area contributed by atoms with Crippen molar-refractivity contribution >= 4 is 11.8 Å². The van der Waals surface area contributed by atoms with Gasteiger partial charge in [-0.1, -0.05) is 12.1 Å². The number of imidazole rings is 1. The van der Waals surface area contributed by atoms with E-state index < -0.39 is 11.8 Å². The molecule has 0 aliphatic carbocycles. The van der Waals surface area contributed by atoms with Crippen LogP contribution in [0.3, 0.4) is 0 Å². The number of ketones is 1. The first-order valence-corrected chi connectivity index (χ1v) is 6.11. The van der Waals surface area contributed by atoms with E-state index in [4.69, 9.17) is 4.74 Å². The second kappa shape index (κ2) is 5.56. The SMILES string of the molecule is CCOC(=O)C(=O)c1ccccc1-n1ccn(C)c1=O. The zero-order chi connectivity index (χ0) is 14.7. The van der Waals surface area contributed by atoms with E-state index in [0.29, 0.717) is 5.69 Å². The van der Waals surface area contributed by atoms with Gasteiger partial charge in [-0.2, -0.15) is 0 Å². The Kier molecular flexibility index (Phi) is 3.84. The summed E-state index contributed by atoms with van der Waals surface area (Å²) in [6, 6.07) is 6.42. The fourth-order valence-electron chi connectivity index (χ4n) is 1.83. The minimum Gasteiger partial charge on any atom is -0.460 e. The van der Waals surface area contributed by atoms with Crippen molar-refractivity contribution in [3.8, 4) is 5.69 Å². The molecule has 1 aromatic carbocycles. The summed E-state index contributed by atoms with van der Waals surface area (Å²) in [6.07, 6.45) is 3.12. The van der Waals surface area contributed by atoms with E-state index in [9.17, 15) is 14.4 Å². The van der Waals surface area contributed by atoms with Gasteiger partial charge in [-0.05, 0) is 19.1 Å². The van der Waals surface area contributed by atoms with Crippen molar-refractivity contribution in [3.05, 3.63) is 52.7 Å². The Bertz CT molecular complexity index is 712. The molecule has 0 bridgehead atoms. The summed E-state index contributed by atoms with van der Waals surface area (Å²) in [6.45, 7) is 1.75. The van der Waals surface area contributed by atoms with Crippen LogP contribution in [0.1, 0.15) is 17.3 Å². The molecule has 1 heterocycles. The number of esters is 1. The van der Waals surface area contributed by atoms with E-state index in [-0.39, 0.29) is 17.9 Å². The number of hydrogen-bond donors (Lipinski definition) is 0. The Labute approximate surface area is 115 Å². The maximum atomic E-state index is 12.1. The van der Waals surface area contributed by atoms with Gasteiger partial charge >= 0.3 is 11.7 Å². The molecule has 2 rings (SSSR count). The predicted molar refractivity (Wildman–Crippen MR) is 72.0 cm³/mol. The summed E-state index contributed by atoms with van der Waals surface area (Å²) < 4.78 is 7.40. The third kappa shape index (κ3) is 2.40. The maximum Gasteiger partial charge on any atom is 0.379 e. The summed E-state index contributed by atoms with van der Waals surface area (Å²) in [5.74, 6) is -1.69. The molecule has 1 aromatic heterocycles. The molecule has 0 amide bonds. The normalized spacial score (nSPS) is 10.3. The van der Waals surface area contributed by atoms with E-state index in [1.807, 2.05) is 0 Å². The van der Waals surface area contributed by atoms with Crippen molar-refractivity contribution in [2.24, 2.45) is 7.05 Å². The zero-order valence-electron chi connectivity index (χ0n) is 11.2. The lowest BCUT2D eigenvalue weighted by atomic mass is 10.1. The highest BCUT2D eigenvalue weighted by molar-refractivity contribution is 6.41. The van der Waals surface area contributed by atoms with Gasteiger partial charge in [0.2, 0.25) is 0 Å². The molecule has 0 spiro atoms. The number of aryl methyl sites for hydroxylation is 1. The molecule has 0 fully saturated rings. The summed E-state index contributed by atoms with van der Waals surface area (Å²) in [7, 11) is 1.61. The van der Waals surface area contributed by atoms with Crippen LogP contribution in [0.4, 0.5) is 0 Å². The lowest BCUT2D eigenvalue weighted by molar-refractivity contribution is -0.137. The Balaban J connectivity index is 2.52. The van der Waals surface area contributed by atoms with Crippen LogP contribution in [0.25, 0.3) is 5.69 Å². The van der Waals surface area contributed by atoms with Crippen LogP contribution >= 0.6 is 0 Å². The number of rotatable bonds is 4. The van der Waals surface area contributed by atoms with Crippen LogP contribution in [0.2, 0.25) is 0 Å². The summed E-state index contributed by atoms with van der Waals surface area (Å²) in [4.78, 5) is 35.5. The quantitative estimate of drug-likeness (QED) is 0.472. The monoisotopic (exact) mass is 274 g/mol. The highest BCUT2D eigenvalue weighted by Gasteiger charge is 2.21. The van der Waals surface area contributed by atoms with Crippen molar-refractivity contribution in [1.82, 2.24) is 9.13 Å². The molecule has 0 N–H and O–H groups in total. The molecule has 104 valence electrons. The van der Waals surface area contributed by atoms with Crippen LogP contribution < -0.4 is 5.69 Å². The number of nitrogens with zero attached hydrogens (tertiary/aromatic N) is 2. The Morgan fingerprint density at radius 1 is 1.20 bits per heavy atom. The van der Waals surface area contributed by atoms with Crippen LogP contribution in [0, 0.1) is 0 Å². The first kappa shape index (κ1) is 13.8. The van der Waals surface area contributed by atoms with Gasteiger partial charge in [0.1, 0.15) is 0 Å². The van der Waals surface area contributed by atoms with E-state index in [1.165, 1.54) is 15.2 Å². The molecule has 20 heavy (non-hydrogen) atoms. The van der Waals surface area contributed by atoms with Crippen LogP contribution in [0.15, 0.2) is 41.5 Å². The van der Waals surface area contributed by atoms with Crippen LogP contribution in [-0.4, -0.2) is 27.5 Å². The number of ether oxygens (including phenoxy) is 1. The standard InChI is InChI=1S/C14H14N2O4/c1-3-20-13(18)12(17)10-6-4-5-7-11(10)16-9-8-15(2)14(16)19/h4-9H,3H2,1-2H3. The van der Waals surface area contributed by atoms with Crippen molar-refractivity contribution in [2.75, 3.05) is 6.61 Å². The van der Waals surface area contributed by atoms with Gasteiger partial charge in [0.05, 0.1) is 17.9 Å². The number of benzene rings is 1. The molecular formula is C14H14N2O4. The number of carbonyl (C=O) groups is 2. The molecule has 0 saturated heterocycles. The van der Waals surface area contributed by atoms with Crippen molar-refractivity contribution in [2.45, 2.75) is 6.92 Å². The van der Waals surface area contributed by atoms with E-state index >= 15 is 0 Å². The van der Waals surface area contributed by atoms with E-state index in [2.05, 4.69) is 0 Å². The van der Waals surface area contributed by atoms with Crippen molar-refractivity contribution < 1.29 is 14.3 Å². The number of Topliss-reactive ketones (excluding diaryl/α,β-unsaturated/α-hetero) is 1. The largest absolute Gasteiger partial charge is 0.460 e. The highest BCUT2D eigenvalue weighted by Crippen LogP contribution is 2.14. The third-order valence-electron chi connectivity index (χ3n) is 2.82. The van der Waals surface area contributed by atoms with Gasteiger partial charge in [0.25, 0.3) is 5.78 Å². The molecule has 0 unspecified atom stereocenters. The van der Waals surface area contributed by atoms with E-state index in [1.54, 1.807) is 44.6 Å². The number of hydrogen-bond acceptors (Lipinski definition) is 4. The van der Waals surface area contributed by atoms with Gasteiger partial charge in [-0.3, -0.25) is 9.36 Å². The van der Waals surface area contributed by atoms with Gasteiger partial charge in [0.15, 0.2) is 0 Å². The number of carbonyl (C=O) groups excluding carboxylic acids is 2. The van der Waals surface area contributed by atoms with Crippen molar-refractivity contribution in [3.63, 3.8) is 0 Å². The van der Waals surface area contributed by atoms with Gasteiger partial charge in [-0.15, -0.1) is 0 Å². The molecule has 0 saturated carbocycles. The average molecular weight is 274 g/mol. The molecule has 0 radical (unpaired) electrons. The summed E-state index contributed by atoms with van der Waals surface area (Å²) >= 11 is 0. The molecule has 0 aliphatic rings. The number of aromatic nitrogens is 2. The predicted octanol–water partition coefficient (Wildman–Crippen LogP) is 0.922. The first-order valence-electron chi connectivity index (χ1n) is 6.11. The van der Waals surface area contributed by atoms with Gasteiger partial charge < -0.3 is 9.30 Å². The van der Waals surface area contributed by atoms with Crippen molar-refractivity contribution in [1.29, 1.82) is 0 Å². The topological polar surface area (TPSA) is 70.3 Å². The fraction of sp³-hybridized carbons (Fsp3) is 0.214. The van der Waals surface area contributed by atoms with E-state index in [0.717, 1.165) is 0 Å². The molecule has 0 atom stereocenters. The Morgan fingerprint density at radius 3 is 2.50 bits per heavy atom.